The Labute approximate surface area is 85.7 Å². The largest absolute Gasteiger partial charge is 0.463 e. The van der Waals surface area contributed by atoms with Gasteiger partial charge >= 0.3 is 0 Å². The molecule has 1 aliphatic carbocycles. The van der Waals surface area contributed by atoms with Gasteiger partial charge in [0.1, 0.15) is 6.61 Å². The first-order chi connectivity index (χ1) is 6.84. The molecule has 1 saturated carbocycles. The van der Waals surface area contributed by atoms with E-state index >= 15 is 0 Å². The molecule has 0 amide bonds. The van der Waals surface area contributed by atoms with Crippen LogP contribution in [0.4, 0.5) is 0 Å². The zero-order chi connectivity index (χ0) is 9.80. The fourth-order valence-electron chi connectivity index (χ4n) is 2.49. The van der Waals surface area contributed by atoms with Gasteiger partial charge in [0.15, 0.2) is 0 Å². The van der Waals surface area contributed by atoms with Crippen molar-refractivity contribution < 1.29 is 4.74 Å². The Balaban J connectivity index is 1.66. The highest BCUT2D eigenvalue weighted by Gasteiger charge is 2.19. The van der Waals surface area contributed by atoms with E-state index < -0.39 is 0 Å². The summed E-state index contributed by atoms with van der Waals surface area (Å²) in [4.78, 5) is 4.25. The summed E-state index contributed by atoms with van der Waals surface area (Å²) in [5.74, 6) is 0.945. The molecule has 3 nitrogen and oxygen atoms in total. The molecule has 14 heavy (non-hydrogen) atoms. The van der Waals surface area contributed by atoms with E-state index in [0.29, 0.717) is 18.7 Å². The summed E-state index contributed by atoms with van der Waals surface area (Å²) in [7, 11) is 0. The first-order valence-electron chi connectivity index (χ1n) is 5.80. The van der Waals surface area contributed by atoms with E-state index in [9.17, 15) is 0 Å². The molecule has 1 fully saturated rings. The van der Waals surface area contributed by atoms with Gasteiger partial charge in [-0.3, -0.25) is 0 Å². The van der Waals surface area contributed by atoms with Crippen LogP contribution in [0.25, 0.3) is 0 Å². The lowest BCUT2D eigenvalue weighted by Gasteiger charge is -2.21. The summed E-state index contributed by atoms with van der Waals surface area (Å²) in [5, 5.41) is 0. The Morgan fingerprint density at radius 2 is 2.00 bits per heavy atom. The molecule has 0 aromatic heterocycles. The minimum absolute atomic E-state index is 0.344. The van der Waals surface area contributed by atoms with Crippen molar-refractivity contribution in [1.82, 2.24) is 0 Å². The van der Waals surface area contributed by atoms with Crippen molar-refractivity contribution in [2.24, 2.45) is 16.6 Å². The van der Waals surface area contributed by atoms with Crippen LogP contribution < -0.4 is 5.73 Å². The fraction of sp³-hybridized carbons (Fsp3) is 0.909. The van der Waals surface area contributed by atoms with Gasteiger partial charge in [-0.25, -0.2) is 4.99 Å². The molecule has 0 aromatic rings. The highest BCUT2D eigenvalue weighted by Crippen LogP contribution is 2.28. The molecule has 1 aliphatic heterocycles. The summed E-state index contributed by atoms with van der Waals surface area (Å²) in [6, 6.07) is 0.732. The Morgan fingerprint density at radius 1 is 1.21 bits per heavy atom. The Kier molecular flexibility index (Phi) is 3.27. The molecule has 0 radical (unpaired) electrons. The molecule has 3 heteroatoms. The predicted octanol–water partition coefficient (Wildman–Crippen LogP) is 2.06. The molecule has 1 atom stereocenters. The highest BCUT2D eigenvalue weighted by atomic mass is 16.5. The normalized spacial score (nSPS) is 28.6. The van der Waals surface area contributed by atoms with Crippen LogP contribution in [0.3, 0.4) is 0 Å². The summed E-state index contributed by atoms with van der Waals surface area (Å²) >= 11 is 0. The van der Waals surface area contributed by atoms with Crippen molar-refractivity contribution in [2.75, 3.05) is 6.61 Å². The number of hydrogen-bond donors (Lipinski definition) is 1. The third kappa shape index (κ3) is 2.63. The summed E-state index contributed by atoms with van der Waals surface area (Å²) in [6.07, 6.45) is 9.61. The van der Waals surface area contributed by atoms with E-state index in [4.69, 9.17) is 10.5 Å². The number of hydrogen-bond acceptors (Lipinski definition) is 3. The topological polar surface area (TPSA) is 47.6 Å². The number of rotatable bonds is 3. The lowest BCUT2D eigenvalue weighted by Crippen LogP contribution is -2.12. The summed E-state index contributed by atoms with van der Waals surface area (Å²) < 4.78 is 5.13. The SMILES string of the molecule is NC1=NC(CCC2CCCCC2)CO1. The second-order valence-electron chi connectivity index (χ2n) is 4.51. The van der Waals surface area contributed by atoms with Gasteiger partial charge in [0.2, 0.25) is 0 Å². The lowest BCUT2D eigenvalue weighted by molar-refractivity contribution is 0.282. The van der Waals surface area contributed by atoms with E-state index in [-0.39, 0.29) is 0 Å². The number of aliphatic imine (C=N–C) groups is 1. The molecule has 2 N–H and O–H groups in total. The van der Waals surface area contributed by atoms with E-state index in [1.807, 2.05) is 0 Å². The van der Waals surface area contributed by atoms with Gasteiger partial charge in [-0.05, 0) is 18.8 Å². The van der Waals surface area contributed by atoms with Crippen LogP contribution in [-0.4, -0.2) is 18.7 Å². The second kappa shape index (κ2) is 4.67. The van der Waals surface area contributed by atoms with E-state index in [2.05, 4.69) is 4.99 Å². The van der Waals surface area contributed by atoms with Crippen LogP contribution in [0.15, 0.2) is 4.99 Å². The predicted molar refractivity (Wildman–Crippen MR) is 57.2 cm³/mol. The number of ether oxygens (including phenoxy) is 1. The minimum Gasteiger partial charge on any atom is -0.463 e. The van der Waals surface area contributed by atoms with Crippen LogP contribution >= 0.6 is 0 Å². The fourth-order valence-corrected chi connectivity index (χ4v) is 2.49. The number of nitrogens with two attached hydrogens (primary N) is 1. The van der Waals surface area contributed by atoms with E-state index in [0.717, 1.165) is 12.3 Å². The van der Waals surface area contributed by atoms with Crippen molar-refractivity contribution in [2.45, 2.75) is 51.0 Å². The standard InChI is InChI=1S/C11H20N2O/c12-11-13-10(8-14-11)7-6-9-4-2-1-3-5-9/h9-10H,1-8H2,(H2,12,13). The van der Waals surface area contributed by atoms with Crippen LogP contribution in [0.5, 0.6) is 0 Å². The first-order valence-corrected chi connectivity index (χ1v) is 5.80. The van der Waals surface area contributed by atoms with Crippen LogP contribution in [0, 0.1) is 5.92 Å². The minimum atomic E-state index is 0.344. The maximum Gasteiger partial charge on any atom is 0.282 e. The molecule has 0 aromatic carbocycles. The average Bonchev–Trinajstić information content (AvgIpc) is 2.63. The third-order valence-corrected chi connectivity index (χ3v) is 3.37. The Hall–Kier alpha value is -0.730. The highest BCUT2D eigenvalue weighted by molar-refractivity contribution is 5.72. The van der Waals surface area contributed by atoms with Crippen molar-refractivity contribution in [3.63, 3.8) is 0 Å². The average molecular weight is 196 g/mol. The lowest BCUT2D eigenvalue weighted by atomic mass is 9.85. The van der Waals surface area contributed by atoms with Gasteiger partial charge in [-0.2, -0.15) is 0 Å². The van der Waals surface area contributed by atoms with Crippen LogP contribution in [0.1, 0.15) is 44.9 Å². The molecule has 0 bridgehead atoms. The number of nitrogens with zero attached hydrogens (tertiary/aromatic N) is 1. The van der Waals surface area contributed by atoms with E-state index in [1.54, 1.807) is 0 Å². The van der Waals surface area contributed by atoms with Gasteiger partial charge in [0, 0.05) is 0 Å². The molecule has 1 heterocycles. The van der Waals surface area contributed by atoms with E-state index in [1.165, 1.54) is 38.5 Å². The van der Waals surface area contributed by atoms with Gasteiger partial charge in [0.25, 0.3) is 6.02 Å². The Bertz CT molecular complexity index is 209. The van der Waals surface area contributed by atoms with Crippen LogP contribution in [0.2, 0.25) is 0 Å². The van der Waals surface area contributed by atoms with Crippen molar-refractivity contribution >= 4 is 6.02 Å². The molecule has 1 unspecified atom stereocenters. The molecule has 2 aliphatic rings. The molecular weight excluding hydrogens is 176 g/mol. The van der Waals surface area contributed by atoms with Gasteiger partial charge in [-0.15, -0.1) is 0 Å². The summed E-state index contributed by atoms with van der Waals surface area (Å²) in [5.41, 5.74) is 5.46. The maximum absolute atomic E-state index is 5.46. The zero-order valence-corrected chi connectivity index (χ0v) is 8.74. The molecule has 0 spiro atoms. The van der Waals surface area contributed by atoms with Crippen molar-refractivity contribution in [1.29, 1.82) is 0 Å². The smallest absolute Gasteiger partial charge is 0.282 e. The third-order valence-electron chi connectivity index (χ3n) is 3.37. The van der Waals surface area contributed by atoms with Crippen molar-refractivity contribution in [3.8, 4) is 0 Å². The molecule has 2 rings (SSSR count). The zero-order valence-electron chi connectivity index (χ0n) is 8.74. The summed E-state index contributed by atoms with van der Waals surface area (Å²) in [6.45, 7) is 0.707. The quantitative estimate of drug-likeness (QED) is 0.751. The molecule has 80 valence electrons. The molecule has 0 saturated heterocycles. The Morgan fingerprint density at radius 3 is 2.64 bits per heavy atom. The first kappa shape index (κ1) is 9.81. The van der Waals surface area contributed by atoms with Gasteiger partial charge in [-0.1, -0.05) is 32.1 Å². The van der Waals surface area contributed by atoms with Crippen molar-refractivity contribution in [3.05, 3.63) is 0 Å². The monoisotopic (exact) mass is 196 g/mol. The van der Waals surface area contributed by atoms with Gasteiger partial charge < -0.3 is 10.5 Å². The molecular formula is C11H20N2O. The second-order valence-corrected chi connectivity index (χ2v) is 4.51. The van der Waals surface area contributed by atoms with Gasteiger partial charge in [0.05, 0.1) is 6.04 Å². The van der Waals surface area contributed by atoms with Crippen LogP contribution in [-0.2, 0) is 4.74 Å². The number of amidine groups is 1. The maximum atomic E-state index is 5.46.